The second-order valence-electron chi connectivity index (χ2n) is 4.59. The largest absolute Gasteiger partial charge is 0.491 e. The number of benzene rings is 1. The highest BCUT2D eigenvalue weighted by Crippen LogP contribution is 2.18. The summed E-state index contributed by atoms with van der Waals surface area (Å²) in [5.41, 5.74) is 0.460. The number of nitrogens with one attached hydrogen (secondary N) is 1. The van der Waals surface area contributed by atoms with E-state index in [1.54, 1.807) is 6.07 Å². The first-order chi connectivity index (χ1) is 7.98. The summed E-state index contributed by atoms with van der Waals surface area (Å²) in [4.78, 5) is 0. The molecule has 0 bridgehead atoms. The van der Waals surface area contributed by atoms with Crippen LogP contribution in [0.1, 0.15) is 26.3 Å². The van der Waals surface area contributed by atoms with Gasteiger partial charge < -0.3 is 15.2 Å². The van der Waals surface area contributed by atoms with Crippen molar-refractivity contribution in [1.29, 1.82) is 0 Å². The Labute approximate surface area is 102 Å². The molecule has 0 fully saturated rings. The summed E-state index contributed by atoms with van der Waals surface area (Å²) in [6.07, 6.45) is 0. The lowest BCUT2D eigenvalue weighted by molar-refractivity contribution is 0.187. The molecular weight excluding hydrogens is 221 g/mol. The van der Waals surface area contributed by atoms with Gasteiger partial charge in [0.15, 0.2) is 11.6 Å². The highest BCUT2D eigenvalue weighted by molar-refractivity contribution is 5.29. The molecule has 4 heteroatoms. The van der Waals surface area contributed by atoms with Crippen molar-refractivity contribution in [2.24, 2.45) is 0 Å². The van der Waals surface area contributed by atoms with E-state index in [0.29, 0.717) is 13.2 Å². The molecule has 96 valence electrons. The fraction of sp³-hybridized carbons (Fsp3) is 0.538. The Morgan fingerprint density at radius 3 is 2.65 bits per heavy atom. The molecule has 0 amide bonds. The van der Waals surface area contributed by atoms with Gasteiger partial charge in [-0.15, -0.1) is 0 Å². The first-order valence-electron chi connectivity index (χ1n) is 5.75. The summed E-state index contributed by atoms with van der Waals surface area (Å²) in [7, 11) is 0. The molecule has 0 atom stereocenters. The third kappa shape index (κ3) is 4.32. The Hall–Kier alpha value is -1.13. The molecule has 0 radical (unpaired) electrons. The van der Waals surface area contributed by atoms with Gasteiger partial charge in [0.1, 0.15) is 0 Å². The quantitative estimate of drug-likeness (QED) is 0.801. The van der Waals surface area contributed by atoms with Crippen molar-refractivity contribution in [2.75, 3.05) is 13.2 Å². The van der Waals surface area contributed by atoms with Crippen LogP contribution >= 0.6 is 0 Å². The Morgan fingerprint density at radius 2 is 2.12 bits per heavy atom. The smallest absolute Gasteiger partial charge is 0.165 e. The molecule has 0 aromatic heterocycles. The van der Waals surface area contributed by atoms with Gasteiger partial charge >= 0.3 is 0 Å². The fourth-order valence-electron chi connectivity index (χ4n) is 1.32. The maximum Gasteiger partial charge on any atom is 0.165 e. The summed E-state index contributed by atoms with van der Waals surface area (Å²) < 4.78 is 18.7. The van der Waals surface area contributed by atoms with Crippen molar-refractivity contribution in [2.45, 2.75) is 32.9 Å². The first-order valence-corrected chi connectivity index (χ1v) is 5.75. The van der Waals surface area contributed by atoms with Gasteiger partial charge in [0.05, 0.1) is 13.2 Å². The zero-order chi connectivity index (χ0) is 12.9. The Kier molecular flexibility index (Phi) is 4.90. The van der Waals surface area contributed by atoms with Crippen molar-refractivity contribution >= 4 is 0 Å². The molecule has 1 aromatic rings. The Bertz CT molecular complexity index is 366. The number of aliphatic hydroxyl groups is 1. The molecule has 17 heavy (non-hydrogen) atoms. The lowest BCUT2D eigenvalue weighted by Crippen LogP contribution is -2.42. The van der Waals surface area contributed by atoms with Crippen molar-refractivity contribution < 1.29 is 14.2 Å². The third-order valence-electron chi connectivity index (χ3n) is 2.46. The van der Waals surface area contributed by atoms with E-state index in [0.717, 1.165) is 5.56 Å². The van der Waals surface area contributed by atoms with E-state index >= 15 is 0 Å². The maximum absolute atomic E-state index is 13.5. The zero-order valence-corrected chi connectivity index (χ0v) is 10.6. The molecule has 0 aliphatic carbocycles. The van der Waals surface area contributed by atoms with Gasteiger partial charge in [-0.2, -0.15) is 0 Å². The molecule has 1 aromatic carbocycles. The van der Waals surface area contributed by atoms with E-state index in [-0.39, 0.29) is 23.7 Å². The van der Waals surface area contributed by atoms with Crippen LogP contribution in [0.25, 0.3) is 0 Å². The lowest BCUT2D eigenvalue weighted by Gasteiger charge is -2.23. The molecule has 0 saturated carbocycles. The Morgan fingerprint density at radius 1 is 1.41 bits per heavy atom. The molecule has 2 N–H and O–H groups in total. The van der Waals surface area contributed by atoms with Gasteiger partial charge in [-0.25, -0.2) is 4.39 Å². The highest BCUT2D eigenvalue weighted by atomic mass is 19.1. The number of ether oxygens (including phenoxy) is 1. The average molecular weight is 241 g/mol. The van der Waals surface area contributed by atoms with E-state index in [4.69, 9.17) is 9.84 Å². The van der Waals surface area contributed by atoms with Gasteiger partial charge in [-0.1, -0.05) is 6.07 Å². The van der Waals surface area contributed by atoms with Crippen molar-refractivity contribution in [3.8, 4) is 5.75 Å². The first kappa shape index (κ1) is 13.9. The van der Waals surface area contributed by atoms with Crippen LogP contribution in [-0.2, 0) is 6.54 Å². The molecule has 0 saturated heterocycles. The van der Waals surface area contributed by atoms with Gasteiger partial charge in [-0.3, -0.25) is 0 Å². The number of aliphatic hydroxyl groups excluding tert-OH is 1. The highest BCUT2D eigenvalue weighted by Gasteiger charge is 2.15. The molecule has 0 heterocycles. The van der Waals surface area contributed by atoms with Gasteiger partial charge in [0.25, 0.3) is 0 Å². The monoisotopic (exact) mass is 241 g/mol. The maximum atomic E-state index is 13.5. The van der Waals surface area contributed by atoms with Crippen molar-refractivity contribution in [1.82, 2.24) is 5.32 Å². The molecule has 0 aliphatic rings. The molecular formula is C13H20FNO2. The average Bonchev–Trinajstić information content (AvgIpc) is 2.30. The fourth-order valence-corrected chi connectivity index (χ4v) is 1.32. The zero-order valence-electron chi connectivity index (χ0n) is 10.6. The molecule has 0 unspecified atom stereocenters. The molecule has 1 rings (SSSR count). The number of halogens is 1. The second-order valence-corrected chi connectivity index (χ2v) is 4.59. The minimum Gasteiger partial charge on any atom is -0.491 e. The summed E-state index contributed by atoms with van der Waals surface area (Å²) in [5.74, 6) is -0.0781. The minimum atomic E-state index is -0.366. The van der Waals surface area contributed by atoms with Crippen molar-refractivity contribution in [3.05, 3.63) is 29.6 Å². The van der Waals surface area contributed by atoms with Crippen LogP contribution in [0.2, 0.25) is 0 Å². The van der Waals surface area contributed by atoms with Crippen LogP contribution in [0.4, 0.5) is 4.39 Å². The van der Waals surface area contributed by atoms with Gasteiger partial charge in [-0.05, 0) is 38.5 Å². The topological polar surface area (TPSA) is 41.5 Å². The predicted molar refractivity (Wildman–Crippen MR) is 65.6 cm³/mol. The molecule has 3 nitrogen and oxygen atoms in total. The SMILES string of the molecule is CCOc1ccc(CNC(C)(C)CO)cc1F. The van der Waals surface area contributed by atoms with E-state index in [2.05, 4.69) is 5.32 Å². The van der Waals surface area contributed by atoms with Crippen molar-refractivity contribution in [3.63, 3.8) is 0 Å². The summed E-state index contributed by atoms with van der Waals surface area (Å²) in [6, 6.07) is 4.89. The number of hydrogen-bond acceptors (Lipinski definition) is 3. The van der Waals surface area contributed by atoms with Gasteiger partial charge in [0, 0.05) is 12.1 Å². The van der Waals surface area contributed by atoms with Gasteiger partial charge in [0.2, 0.25) is 0 Å². The predicted octanol–water partition coefficient (Wildman–Crippen LogP) is 2.08. The standard InChI is InChI=1S/C13H20FNO2/c1-4-17-12-6-5-10(7-11(12)14)8-15-13(2,3)9-16/h5-7,15-16H,4,8-9H2,1-3H3. The minimum absolute atomic E-state index is 0.0342. The van der Waals surface area contributed by atoms with Crippen LogP contribution in [0.5, 0.6) is 5.75 Å². The van der Waals surface area contributed by atoms with E-state index in [1.807, 2.05) is 26.8 Å². The molecule has 0 aliphatic heterocycles. The number of rotatable bonds is 6. The third-order valence-corrected chi connectivity index (χ3v) is 2.46. The van der Waals surface area contributed by atoms with E-state index in [1.165, 1.54) is 6.07 Å². The number of hydrogen-bond donors (Lipinski definition) is 2. The van der Waals surface area contributed by atoms with Crippen LogP contribution < -0.4 is 10.1 Å². The second kappa shape index (κ2) is 5.98. The van der Waals surface area contributed by atoms with Crippen LogP contribution in [0.15, 0.2) is 18.2 Å². The summed E-state index contributed by atoms with van der Waals surface area (Å²) in [5, 5.41) is 12.2. The normalized spacial score (nSPS) is 11.6. The molecule has 0 spiro atoms. The van der Waals surface area contributed by atoms with Crippen LogP contribution in [0, 0.1) is 5.82 Å². The summed E-state index contributed by atoms with van der Waals surface area (Å²) in [6.45, 7) is 6.59. The summed E-state index contributed by atoms with van der Waals surface area (Å²) >= 11 is 0. The van der Waals surface area contributed by atoms with Crippen LogP contribution in [-0.4, -0.2) is 23.9 Å². The van der Waals surface area contributed by atoms with E-state index < -0.39 is 0 Å². The van der Waals surface area contributed by atoms with Crippen LogP contribution in [0.3, 0.4) is 0 Å². The van der Waals surface area contributed by atoms with E-state index in [9.17, 15) is 4.39 Å². The Balaban J connectivity index is 2.64. The lowest BCUT2D eigenvalue weighted by atomic mass is 10.1.